The normalized spacial score (nSPS) is 16.7. The molecule has 82 valence electrons. The number of sulfone groups is 1. The lowest BCUT2D eigenvalue weighted by Crippen LogP contribution is -2.06. The Hall–Kier alpha value is -0.420. The third-order valence-electron chi connectivity index (χ3n) is 2.59. The van der Waals surface area contributed by atoms with Crippen molar-refractivity contribution in [1.29, 1.82) is 0 Å². The highest BCUT2D eigenvalue weighted by Crippen LogP contribution is 2.41. The molecule has 0 spiro atoms. The Morgan fingerprint density at radius 1 is 1.53 bits per heavy atom. The van der Waals surface area contributed by atoms with E-state index in [-0.39, 0.29) is 5.75 Å². The second kappa shape index (κ2) is 3.87. The van der Waals surface area contributed by atoms with Crippen molar-refractivity contribution >= 4 is 25.8 Å². The van der Waals surface area contributed by atoms with Gasteiger partial charge in [-0.05, 0) is 46.3 Å². The molecule has 5 heteroatoms. The topological polar surface area (TPSA) is 47.0 Å². The maximum atomic E-state index is 11.7. The summed E-state index contributed by atoms with van der Waals surface area (Å²) in [5, 5.41) is 0. The smallest absolute Gasteiger partial charge is 0.180 e. The van der Waals surface area contributed by atoms with Crippen LogP contribution in [0.25, 0.3) is 0 Å². The lowest BCUT2D eigenvalue weighted by molar-refractivity contribution is 0.596. The first-order chi connectivity index (χ1) is 7.04. The molecular formula is C10H12BrNO2S. The van der Waals surface area contributed by atoms with Crippen molar-refractivity contribution in [3.05, 3.63) is 22.4 Å². The molecule has 0 unspecified atom stereocenters. The van der Waals surface area contributed by atoms with Gasteiger partial charge in [0.2, 0.25) is 0 Å². The van der Waals surface area contributed by atoms with Crippen LogP contribution in [0.15, 0.2) is 21.8 Å². The molecule has 1 aromatic rings. The summed E-state index contributed by atoms with van der Waals surface area (Å²) < 4.78 is 23.9. The van der Waals surface area contributed by atoms with Crippen LogP contribution >= 0.6 is 15.9 Å². The average Bonchev–Trinajstić information content (AvgIpc) is 3.02. The van der Waals surface area contributed by atoms with Crippen LogP contribution in [0.5, 0.6) is 0 Å². The van der Waals surface area contributed by atoms with E-state index >= 15 is 0 Å². The minimum Gasteiger partial charge on any atom is -0.248 e. The summed E-state index contributed by atoms with van der Waals surface area (Å²) in [4.78, 5) is 4.42. The number of pyridine rings is 1. The number of rotatable bonds is 3. The van der Waals surface area contributed by atoms with Crippen LogP contribution < -0.4 is 0 Å². The van der Waals surface area contributed by atoms with E-state index in [0.717, 1.165) is 18.4 Å². The predicted molar refractivity (Wildman–Crippen MR) is 61.6 cm³/mol. The zero-order valence-corrected chi connectivity index (χ0v) is 10.8. The van der Waals surface area contributed by atoms with E-state index in [9.17, 15) is 8.42 Å². The molecule has 3 nitrogen and oxygen atoms in total. The summed E-state index contributed by atoms with van der Waals surface area (Å²) in [5.74, 6) is 0.637. The minimum absolute atomic E-state index is 0.112. The predicted octanol–water partition coefficient (Wildman–Crippen LogP) is 2.52. The molecule has 0 aromatic carbocycles. The third-order valence-corrected chi connectivity index (χ3v) is 5.23. The van der Waals surface area contributed by atoms with Gasteiger partial charge in [-0.15, -0.1) is 0 Å². The summed E-state index contributed by atoms with van der Waals surface area (Å²) in [6, 6.07) is 1.76. The summed E-state index contributed by atoms with van der Waals surface area (Å²) in [5.41, 5.74) is 1.05. The van der Waals surface area contributed by atoms with Crippen LogP contribution in [-0.2, 0) is 9.84 Å². The standard InChI is InChI=1S/C10H12BrNO2S/c1-2-15(13,14)9-5-8(7-3-4-7)6-12-10(9)11/h5-7H,2-4H2,1H3. The van der Waals surface area contributed by atoms with E-state index in [1.807, 2.05) is 0 Å². The van der Waals surface area contributed by atoms with Gasteiger partial charge in [0.05, 0.1) is 10.6 Å². The summed E-state index contributed by atoms with van der Waals surface area (Å²) >= 11 is 3.19. The molecule has 1 aliphatic carbocycles. The molecule has 0 bridgehead atoms. The zero-order valence-electron chi connectivity index (χ0n) is 8.40. The quantitative estimate of drug-likeness (QED) is 0.804. The van der Waals surface area contributed by atoms with Gasteiger partial charge in [-0.25, -0.2) is 13.4 Å². The Morgan fingerprint density at radius 2 is 2.20 bits per heavy atom. The highest BCUT2D eigenvalue weighted by atomic mass is 79.9. The fourth-order valence-corrected chi connectivity index (χ4v) is 3.35. The van der Waals surface area contributed by atoms with Crippen LogP contribution in [-0.4, -0.2) is 19.2 Å². The molecular weight excluding hydrogens is 278 g/mol. The van der Waals surface area contributed by atoms with Crippen molar-refractivity contribution in [2.75, 3.05) is 5.75 Å². The molecule has 1 aromatic heterocycles. The largest absolute Gasteiger partial charge is 0.248 e. The van der Waals surface area contributed by atoms with Gasteiger partial charge in [0, 0.05) is 6.20 Å². The summed E-state index contributed by atoms with van der Waals surface area (Å²) in [6.45, 7) is 1.64. The van der Waals surface area contributed by atoms with Gasteiger partial charge >= 0.3 is 0 Å². The molecule has 0 atom stereocenters. The highest BCUT2D eigenvalue weighted by molar-refractivity contribution is 9.10. The number of aromatic nitrogens is 1. The van der Waals surface area contributed by atoms with Gasteiger partial charge in [0.25, 0.3) is 0 Å². The second-order valence-electron chi connectivity index (χ2n) is 3.74. The number of hydrogen-bond acceptors (Lipinski definition) is 3. The van der Waals surface area contributed by atoms with Crippen LogP contribution in [0.4, 0.5) is 0 Å². The van der Waals surface area contributed by atoms with Gasteiger partial charge in [-0.2, -0.15) is 0 Å². The molecule has 1 saturated carbocycles. The molecule has 0 aliphatic heterocycles. The van der Waals surface area contributed by atoms with E-state index in [1.54, 1.807) is 19.2 Å². The van der Waals surface area contributed by atoms with E-state index in [4.69, 9.17) is 0 Å². The van der Waals surface area contributed by atoms with Crippen molar-refractivity contribution in [1.82, 2.24) is 4.98 Å². The maximum absolute atomic E-state index is 11.7. The van der Waals surface area contributed by atoms with Crippen molar-refractivity contribution in [3.8, 4) is 0 Å². The van der Waals surface area contributed by atoms with Crippen molar-refractivity contribution in [2.45, 2.75) is 30.6 Å². The van der Waals surface area contributed by atoms with E-state index < -0.39 is 9.84 Å². The third kappa shape index (κ3) is 2.23. The Balaban J connectivity index is 2.49. The number of halogens is 1. The van der Waals surface area contributed by atoms with Crippen LogP contribution in [0, 0.1) is 0 Å². The maximum Gasteiger partial charge on any atom is 0.180 e. The monoisotopic (exact) mass is 289 g/mol. The number of hydrogen-bond donors (Lipinski definition) is 0. The van der Waals surface area contributed by atoms with Crippen LogP contribution in [0.2, 0.25) is 0 Å². The molecule has 0 N–H and O–H groups in total. The van der Waals surface area contributed by atoms with Crippen LogP contribution in [0.3, 0.4) is 0 Å². The van der Waals surface area contributed by atoms with Crippen molar-refractivity contribution in [2.24, 2.45) is 0 Å². The fourth-order valence-electron chi connectivity index (χ4n) is 1.46. The molecule has 1 heterocycles. The second-order valence-corrected chi connectivity index (χ2v) is 6.73. The van der Waals surface area contributed by atoms with Crippen LogP contribution in [0.1, 0.15) is 31.2 Å². The molecule has 1 aliphatic rings. The molecule has 1 fully saturated rings. The lowest BCUT2D eigenvalue weighted by Gasteiger charge is -2.05. The first-order valence-electron chi connectivity index (χ1n) is 4.93. The van der Waals surface area contributed by atoms with Crippen molar-refractivity contribution < 1.29 is 8.42 Å². The Kier molecular flexibility index (Phi) is 2.85. The van der Waals surface area contributed by atoms with Crippen molar-refractivity contribution in [3.63, 3.8) is 0 Å². The van der Waals surface area contributed by atoms with Gasteiger partial charge in [-0.1, -0.05) is 6.92 Å². The highest BCUT2D eigenvalue weighted by Gasteiger charge is 2.26. The Morgan fingerprint density at radius 3 is 2.73 bits per heavy atom. The minimum atomic E-state index is -3.17. The first-order valence-corrected chi connectivity index (χ1v) is 7.37. The fraction of sp³-hybridized carbons (Fsp3) is 0.500. The van der Waals surface area contributed by atoms with E-state index in [0.29, 0.717) is 15.4 Å². The Labute approximate surface area is 98.0 Å². The van der Waals surface area contributed by atoms with Gasteiger partial charge < -0.3 is 0 Å². The van der Waals surface area contributed by atoms with Gasteiger partial charge in [-0.3, -0.25) is 0 Å². The zero-order chi connectivity index (χ0) is 11.1. The molecule has 0 amide bonds. The first kappa shape index (κ1) is 11.1. The SMILES string of the molecule is CCS(=O)(=O)c1cc(C2CC2)cnc1Br. The molecule has 2 rings (SSSR count). The van der Waals surface area contributed by atoms with E-state index in [1.165, 1.54) is 0 Å². The summed E-state index contributed by atoms with van der Waals surface area (Å²) in [6.07, 6.45) is 4.06. The molecule has 15 heavy (non-hydrogen) atoms. The van der Waals surface area contributed by atoms with Gasteiger partial charge in [0.15, 0.2) is 9.84 Å². The summed E-state index contributed by atoms with van der Waals surface area (Å²) in [7, 11) is -3.17. The molecule has 0 saturated heterocycles. The average molecular weight is 290 g/mol. The lowest BCUT2D eigenvalue weighted by atomic mass is 10.2. The van der Waals surface area contributed by atoms with E-state index in [2.05, 4.69) is 20.9 Å². The molecule has 0 radical (unpaired) electrons. The Bertz CT molecular complexity index is 480. The number of nitrogens with zero attached hydrogens (tertiary/aromatic N) is 1. The van der Waals surface area contributed by atoms with Gasteiger partial charge in [0.1, 0.15) is 4.60 Å².